The number of carbonyl (C=O) groups is 1. The third-order valence-corrected chi connectivity index (χ3v) is 4.40. The summed E-state index contributed by atoms with van der Waals surface area (Å²) in [6.07, 6.45) is 1.06. The van der Waals surface area contributed by atoms with Crippen molar-refractivity contribution in [2.75, 3.05) is 13.1 Å². The molecule has 0 saturated carbocycles. The van der Waals surface area contributed by atoms with E-state index < -0.39 is 0 Å². The molecule has 1 aromatic rings. The maximum atomic E-state index is 11.2. The first kappa shape index (κ1) is 12.1. The van der Waals surface area contributed by atoms with Gasteiger partial charge >= 0.3 is 0 Å². The lowest BCUT2D eigenvalue weighted by Gasteiger charge is -2.14. The number of carbonyl (C=O) groups excluding carboxylic acids is 1. The van der Waals surface area contributed by atoms with E-state index in [2.05, 4.69) is 32.7 Å². The zero-order valence-corrected chi connectivity index (χ0v) is 11.6. The number of thiophene rings is 1. The molecule has 1 aliphatic rings. The Bertz CT molecular complexity index is 380. The molecule has 0 aliphatic carbocycles. The minimum atomic E-state index is 0.183. The van der Waals surface area contributed by atoms with Crippen LogP contribution >= 0.6 is 27.3 Å². The van der Waals surface area contributed by atoms with Crippen LogP contribution in [0.4, 0.5) is 0 Å². The summed E-state index contributed by atoms with van der Waals surface area (Å²) in [5, 5.41) is 5.64. The molecule has 1 fully saturated rings. The van der Waals surface area contributed by atoms with Crippen molar-refractivity contribution in [3.8, 4) is 0 Å². The lowest BCUT2D eigenvalue weighted by molar-refractivity contribution is -0.127. The third kappa shape index (κ3) is 3.06. The molecule has 2 rings (SSSR count). The summed E-state index contributed by atoms with van der Waals surface area (Å²) in [6.45, 7) is 4.26. The molecule has 16 heavy (non-hydrogen) atoms. The van der Waals surface area contributed by atoms with E-state index in [1.165, 1.54) is 9.35 Å². The SMILES string of the molecule is CC(=O)N1CCC(NCc2csc(Br)c2)C1. The number of hydrogen-bond acceptors (Lipinski definition) is 3. The average Bonchev–Trinajstić information content (AvgIpc) is 2.83. The molecule has 0 radical (unpaired) electrons. The van der Waals surface area contributed by atoms with Crippen molar-refractivity contribution in [1.82, 2.24) is 10.2 Å². The van der Waals surface area contributed by atoms with Crippen LogP contribution in [0.3, 0.4) is 0 Å². The van der Waals surface area contributed by atoms with Gasteiger partial charge in [0.25, 0.3) is 0 Å². The van der Waals surface area contributed by atoms with E-state index in [0.29, 0.717) is 6.04 Å². The fourth-order valence-corrected chi connectivity index (χ4v) is 3.12. The number of nitrogens with zero attached hydrogens (tertiary/aromatic N) is 1. The Morgan fingerprint density at radius 3 is 3.12 bits per heavy atom. The van der Waals surface area contributed by atoms with Crippen LogP contribution in [0.5, 0.6) is 0 Å². The highest BCUT2D eigenvalue weighted by Gasteiger charge is 2.23. The number of halogens is 1. The van der Waals surface area contributed by atoms with Gasteiger partial charge in [-0.1, -0.05) is 0 Å². The lowest BCUT2D eigenvalue weighted by atomic mass is 10.2. The number of likely N-dealkylation sites (tertiary alicyclic amines) is 1. The highest BCUT2D eigenvalue weighted by Crippen LogP contribution is 2.20. The molecule has 5 heteroatoms. The molecule has 1 aliphatic heterocycles. The topological polar surface area (TPSA) is 32.3 Å². The fraction of sp³-hybridized carbons (Fsp3) is 0.545. The Kier molecular flexibility index (Phi) is 4.00. The monoisotopic (exact) mass is 302 g/mol. The molecule has 1 amide bonds. The number of rotatable bonds is 3. The van der Waals surface area contributed by atoms with Crippen molar-refractivity contribution in [3.63, 3.8) is 0 Å². The van der Waals surface area contributed by atoms with E-state index in [4.69, 9.17) is 0 Å². The summed E-state index contributed by atoms with van der Waals surface area (Å²) in [5.74, 6) is 0.183. The second kappa shape index (κ2) is 5.29. The van der Waals surface area contributed by atoms with Crippen LogP contribution in [-0.4, -0.2) is 29.9 Å². The van der Waals surface area contributed by atoms with Crippen LogP contribution < -0.4 is 5.32 Å². The highest BCUT2D eigenvalue weighted by atomic mass is 79.9. The second-order valence-electron chi connectivity index (χ2n) is 4.09. The first-order valence-electron chi connectivity index (χ1n) is 5.37. The van der Waals surface area contributed by atoms with Crippen molar-refractivity contribution in [2.24, 2.45) is 0 Å². The maximum Gasteiger partial charge on any atom is 0.219 e. The smallest absolute Gasteiger partial charge is 0.219 e. The zero-order valence-electron chi connectivity index (χ0n) is 9.20. The molecule has 2 heterocycles. The lowest BCUT2D eigenvalue weighted by Crippen LogP contribution is -2.33. The van der Waals surface area contributed by atoms with E-state index in [1.54, 1.807) is 18.3 Å². The summed E-state index contributed by atoms with van der Waals surface area (Å²) in [6, 6.07) is 2.58. The molecule has 0 aromatic carbocycles. The molecular weight excluding hydrogens is 288 g/mol. The predicted molar refractivity (Wildman–Crippen MR) is 69.5 cm³/mol. The van der Waals surface area contributed by atoms with Gasteiger partial charge in [0.1, 0.15) is 0 Å². The van der Waals surface area contributed by atoms with Gasteiger partial charge in [-0.25, -0.2) is 0 Å². The normalized spacial score (nSPS) is 20.4. The maximum absolute atomic E-state index is 11.2. The van der Waals surface area contributed by atoms with Gasteiger partial charge in [-0.3, -0.25) is 4.79 Å². The van der Waals surface area contributed by atoms with Gasteiger partial charge in [0.05, 0.1) is 3.79 Å². The highest BCUT2D eigenvalue weighted by molar-refractivity contribution is 9.11. The van der Waals surface area contributed by atoms with Crippen LogP contribution in [-0.2, 0) is 11.3 Å². The van der Waals surface area contributed by atoms with Crippen LogP contribution in [0.25, 0.3) is 0 Å². The summed E-state index contributed by atoms with van der Waals surface area (Å²) >= 11 is 5.16. The summed E-state index contributed by atoms with van der Waals surface area (Å²) in [7, 11) is 0. The minimum absolute atomic E-state index is 0.183. The predicted octanol–water partition coefficient (Wildman–Crippen LogP) is 2.22. The third-order valence-electron chi connectivity index (χ3n) is 2.85. The second-order valence-corrected chi connectivity index (χ2v) is 6.38. The Labute approximate surface area is 108 Å². The van der Waals surface area contributed by atoms with E-state index in [9.17, 15) is 4.79 Å². The fourth-order valence-electron chi connectivity index (χ4n) is 1.91. The van der Waals surface area contributed by atoms with Gasteiger partial charge in [-0.2, -0.15) is 0 Å². The largest absolute Gasteiger partial charge is 0.341 e. The van der Waals surface area contributed by atoms with Crippen LogP contribution in [0.2, 0.25) is 0 Å². The van der Waals surface area contributed by atoms with E-state index in [1.807, 2.05) is 4.90 Å². The Morgan fingerprint density at radius 2 is 2.56 bits per heavy atom. The molecular formula is C11H15BrN2OS. The Morgan fingerprint density at radius 1 is 1.75 bits per heavy atom. The molecule has 0 spiro atoms. The molecule has 1 N–H and O–H groups in total. The summed E-state index contributed by atoms with van der Waals surface area (Å²) in [5.41, 5.74) is 1.30. The molecule has 1 aromatic heterocycles. The van der Waals surface area contributed by atoms with Crippen molar-refractivity contribution in [1.29, 1.82) is 0 Å². The van der Waals surface area contributed by atoms with Crippen LogP contribution in [0, 0.1) is 0 Å². The van der Waals surface area contributed by atoms with Gasteiger partial charge < -0.3 is 10.2 Å². The quantitative estimate of drug-likeness (QED) is 0.928. The van der Waals surface area contributed by atoms with Crippen molar-refractivity contribution < 1.29 is 4.79 Å². The molecule has 3 nitrogen and oxygen atoms in total. The van der Waals surface area contributed by atoms with Gasteiger partial charge in [0.15, 0.2) is 0 Å². The number of amides is 1. The molecule has 1 unspecified atom stereocenters. The van der Waals surface area contributed by atoms with Crippen LogP contribution in [0.15, 0.2) is 15.2 Å². The van der Waals surface area contributed by atoms with E-state index in [0.717, 1.165) is 26.1 Å². The van der Waals surface area contributed by atoms with Gasteiger partial charge in [0, 0.05) is 32.6 Å². The number of hydrogen-bond donors (Lipinski definition) is 1. The van der Waals surface area contributed by atoms with E-state index in [-0.39, 0.29) is 5.91 Å². The average molecular weight is 303 g/mol. The standard InChI is InChI=1S/C11H15BrN2OS/c1-8(15)14-3-2-10(6-14)13-5-9-4-11(12)16-7-9/h4,7,10,13H,2-3,5-6H2,1H3. The molecule has 88 valence electrons. The van der Waals surface area contributed by atoms with Gasteiger partial charge in [0.2, 0.25) is 5.91 Å². The molecule has 1 atom stereocenters. The summed E-state index contributed by atoms with van der Waals surface area (Å²) < 4.78 is 1.17. The Hall–Kier alpha value is -0.390. The Balaban J connectivity index is 1.77. The zero-order chi connectivity index (χ0) is 11.5. The van der Waals surface area contributed by atoms with Crippen molar-refractivity contribution in [3.05, 3.63) is 20.8 Å². The van der Waals surface area contributed by atoms with Gasteiger partial charge in [-0.05, 0) is 39.4 Å². The minimum Gasteiger partial charge on any atom is -0.341 e. The van der Waals surface area contributed by atoms with Crippen molar-refractivity contribution >= 4 is 33.2 Å². The summed E-state index contributed by atoms with van der Waals surface area (Å²) in [4.78, 5) is 13.1. The molecule has 1 saturated heterocycles. The first-order chi connectivity index (χ1) is 7.65. The van der Waals surface area contributed by atoms with Crippen LogP contribution in [0.1, 0.15) is 18.9 Å². The number of nitrogens with one attached hydrogen (secondary N) is 1. The van der Waals surface area contributed by atoms with E-state index >= 15 is 0 Å². The van der Waals surface area contributed by atoms with Gasteiger partial charge in [-0.15, -0.1) is 11.3 Å². The van der Waals surface area contributed by atoms with Crippen molar-refractivity contribution in [2.45, 2.75) is 25.9 Å². The first-order valence-corrected chi connectivity index (χ1v) is 7.04. The molecule has 0 bridgehead atoms.